The van der Waals surface area contributed by atoms with Gasteiger partial charge in [-0.3, -0.25) is 14.5 Å². The number of rotatable bonds is 5. The average molecular weight is 416 g/mol. The molecule has 2 N–H and O–H groups in total. The highest BCUT2D eigenvalue weighted by atomic mass is 35.5. The Kier molecular flexibility index (Phi) is 5.63. The zero-order chi connectivity index (χ0) is 19.8. The second-order valence-corrected chi connectivity index (χ2v) is 7.82. The van der Waals surface area contributed by atoms with Gasteiger partial charge in [0.2, 0.25) is 5.91 Å². The lowest BCUT2D eigenvalue weighted by Crippen LogP contribution is -2.44. The average Bonchev–Trinajstić information content (AvgIpc) is 3.15. The number of carbonyl (C=O) groups is 3. The quantitative estimate of drug-likeness (QED) is 0.569. The van der Waals surface area contributed by atoms with Gasteiger partial charge >= 0.3 is 6.03 Å². The number of nitrogens with zero attached hydrogens (tertiary/aromatic N) is 1. The zero-order valence-electron chi connectivity index (χ0n) is 14.8. The van der Waals surface area contributed by atoms with E-state index in [0.717, 1.165) is 17.7 Å². The van der Waals surface area contributed by atoms with Crippen LogP contribution in [0.25, 0.3) is 0 Å². The van der Waals surface area contributed by atoms with E-state index in [9.17, 15) is 18.8 Å². The van der Waals surface area contributed by atoms with Crippen LogP contribution in [0, 0.1) is 5.82 Å². The van der Waals surface area contributed by atoms with E-state index in [2.05, 4.69) is 10.6 Å². The van der Waals surface area contributed by atoms with Crippen molar-refractivity contribution < 1.29 is 18.8 Å². The molecule has 0 unspecified atom stereocenters. The summed E-state index contributed by atoms with van der Waals surface area (Å²) in [6, 6.07) is 1.45. The summed E-state index contributed by atoms with van der Waals surface area (Å²) < 4.78 is 13.6. The summed E-state index contributed by atoms with van der Waals surface area (Å²) in [5.41, 5.74) is -0.387. The molecule has 0 radical (unpaired) electrons. The molecule has 1 aliphatic heterocycles. The van der Waals surface area contributed by atoms with Crippen molar-refractivity contribution in [1.29, 1.82) is 0 Å². The molecule has 4 amide bonds. The van der Waals surface area contributed by atoms with Gasteiger partial charge in [0.05, 0.1) is 11.1 Å². The molecule has 1 aliphatic carbocycles. The second kappa shape index (κ2) is 7.64. The third-order valence-corrected chi connectivity index (χ3v) is 5.77. The SMILES string of the molecule is C[C@H](NC(=O)CCN1C(=O)NC2(CCCC2)C1=O)c1cc(F)c(Cl)cc1Cl. The molecule has 1 aromatic rings. The van der Waals surface area contributed by atoms with E-state index < -0.39 is 23.4 Å². The van der Waals surface area contributed by atoms with Crippen LogP contribution in [0.1, 0.15) is 50.6 Å². The van der Waals surface area contributed by atoms with Gasteiger partial charge in [-0.25, -0.2) is 9.18 Å². The van der Waals surface area contributed by atoms with Crippen LogP contribution in [0.4, 0.5) is 9.18 Å². The summed E-state index contributed by atoms with van der Waals surface area (Å²) in [6.45, 7) is 1.65. The second-order valence-electron chi connectivity index (χ2n) is 7.00. The summed E-state index contributed by atoms with van der Waals surface area (Å²) in [5.74, 6) is -1.26. The van der Waals surface area contributed by atoms with Crippen molar-refractivity contribution in [3.8, 4) is 0 Å². The van der Waals surface area contributed by atoms with Crippen LogP contribution in [-0.4, -0.2) is 34.8 Å². The fourth-order valence-electron chi connectivity index (χ4n) is 3.67. The van der Waals surface area contributed by atoms with Crippen LogP contribution in [0.15, 0.2) is 12.1 Å². The number of hydrogen-bond donors (Lipinski definition) is 2. The van der Waals surface area contributed by atoms with Gasteiger partial charge in [0, 0.05) is 18.0 Å². The van der Waals surface area contributed by atoms with E-state index in [-0.39, 0.29) is 34.8 Å². The highest BCUT2D eigenvalue weighted by molar-refractivity contribution is 6.35. The van der Waals surface area contributed by atoms with E-state index in [1.165, 1.54) is 12.1 Å². The Morgan fingerprint density at radius 2 is 1.96 bits per heavy atom. The monoisotopic (exact) mass is 415 g/mol. The molecule has 1 spiro atoms. The first-order valence-corrected chi connectivity index (χ1v) is 9.57. The lowest BCUT2D eigenvalue weighted by molar-refractivity contribution is -0.131. The molecule has 1 heterocycles. The summed E-state index contributed by atoms with van der Waals surface area (Å²) >= 11 is 11.7. The molecule has 2 fully saturated rings. The van der Waals surface area contributed by atoms with E-state index in [4.69, 9.17) is 23.2 Å². The fourth-order valence-corrected chi connectivity index (χ4v) is 4.22. The number of urea groups is 1. The number of amides is 4. The summed E-state index contributed by atoms with van der Waals surface area (Å²) in [7, 11) is 0. The van der Waals surface area contributed by atoms with Crippen molar-refractivity contribution in [3.05, 3.63) is 33.6 Å². The Morgan fingerprint density at radius 1 is 1.30 bits per heavy atom. The molecular weight excluding hydrogens is 396 g/mol. The standard InChI is InChI=1S/C18H20Cl2FN3O3/c1-10(11-8-14(21)13(20)9-12(11)19)22-15(25)4-7-24-16(26)18(23-17(24)27)5-2-3-6-18/h8-10H,2-7H2,1H3,(H,22,25)(H,23,27)/t10-/m0/s1. The molecule has 9 heteroatoms. The Hall–Kier alpha value is -1.86. The van der Waals surface area contributed by atoms with Crippen molar-refractivity contribution in [3.63, 3.8) is 0 Å². The van der Waals surface area contributed by atoms with Crippen molar-refractivity contribution >= 4 is 41.0 Å². The van der Waals surface area contributed by atoms with E-state index in [0.29, 0.717) is 18.4 Å². The van der Waals surface area contributed by atoms with Crippen molar-refractivity contribution in [2.75, 3.05) is 6.54 Å². The van der Waals surface area contributed by atoms with Gasteiger partial charge in [0.15, 0.2) is 0 Å². The van der Waals surface area contributed by atoms with Gasteiger partial charge in [0.25, 0.3) is 5.91 Å². The summed E-state index contributed by atoms with van der Waals surface area (Å²) in [5, 5.41) is 5.61. The predicted molar refractivity (Wildman–Crippen MR) is 99.0 cm³/mol. The minimum absolute atomic E-state index is 0.00627. The number of halogens is 3. The Labute approximate surface area is 166 Å². The van der Waals surface area contributed by atoms with Gasteiger partial charge in [-0.1, -0.05) is 36.0 Å². The third-order valence-electron chi connectivity index (χ3n) is 5.15. The van der Waals surface area contributed by atoms with Crippen molar-refractivity contribution in [1.82, 2.24) is 15.5 Å². The van der Waals surface area contributed by atoms with E-state index >= 15 is 0 Å². The molecule has 1 atom stereocenters. The Morgan fingerprint density at radius 3 is 2.63 bits per heavy atom. The number of benzene rings is 1. The molecule has 146 valence electrons. The van der Waals surface area contributed by atoms with Gasteiger partial charge in [-0.05, 0) is 37.5 Å². The number of imide groups is 1. The first-order chi connectivity index (χ1) is 12.7. The van der Waals surface area contributed by atoms with E-state index in [1.54, 1.807) is 6.92 Å². The minimum atomic E-state index is -0.783. The smallest absolute Gasteiger partial charge is 0.325 e. The summed E-state index contributed by atoms with van der Waals surface area (Å²) in [6.07, 6.45) is 3.02. The molecule has 1 saturated heterocycles. The maximum Gasteiger partial charge on any atom is 0.325 e. The molecule has 1 aromatic carbocycles. The Balaban J connectivity index is 1.58. The highest BCUT2D eigenvalue weighted by Gasteiger charge is 2.52. The molecule has 1 saturated carbocycles. The fraction of sp³-hybridized carbons (Fsp3) is 0.500. The van der Waals surface area contributed by atoms with Crippen molar-refractivity contribution in [2.24, 2.45) is 0 Å². The molecule has 2 aliphatic rings. The third kappa shape index (κ3) is 3.89. The molecule has 6 nitrogen and oxygen atoms in total. The van der Waals surface area contributed by atoms with E-state index in [1.807, 2.05) is 0 Å². The van der Waals surface area contributed by atoms with Crippen LogP contribution in [0.5, 0.6) is 0 Å². The first kappa shape index (κ1) is 19.9. The van der Waals surface area contributed by atoms with Crippen LogP contribution >= 0.6 is 23.2 Å². The van der Waals surface area contributed by atoms with Crippen LogP contribution in [0.2, 0.25) is 10.0 Å². The van der Waals surface area contributed by atoms with Gasteiger partial charge in [0.1, 0.15) is 11.4 Å². The molecular formula is C18H20Cl2FN3O3. The minimum Gasteiger partial charge on any atom is -0.349 e. The van der Waals surface area contributed by atoms with Gasteiger partial charge in [-0.2, -0.15) is 0 Å². The maximum atomic E-state index is 13.6. The normalized spacial score (nSPS) is 19.5. The number of carbonyl (C=O) groups excluding carboxylic acids is 3. The molecule has 0 aromatic heterocycles. The van der Waals surface area contributed by atoms with Crippen LogP contribution in [0.3, 0.4) is 0 Å². The highest BCUT2D eigenvalue weighted by Crippen LogP contribution is 2.35. The van der Waals surface area contributed by atoms with Gasteiger partial charge < -0.3 is 10.6 Å². The molecule has 0 bridgehead atoms. The number of hydrogen-bond acceptors (Lipinski definition) is 3. The van der Waals surface area contributed by atoms with Gasteiger partial charge in [-0.15, -0.1) is 0 Å². The maximum absolute atomic E-state index is 13.6. The largest absolute Gasteiger partial charge is 0.349 e. The topological polar surface area (TPSA) is 78.5 Å². The molecule has 3 rings (SSSR count). The predicted octanol–water partition coefficient (Wildman–Crippen LogP) is 3.56. The van der Waals surface area contributed by atoms with Crippen LogP contribution in [-0.2, 0) is 9.59 Å². The summed E-state index contributed by atoms with van der Waals surface area (Å²) in [4.78, 5) is 38.0. The molecule has 27 heavy (non-hydrogen) atoms. The first-order valence-electron chi connectivity index (χ1n) is 8.81. The lowest BCUT2D eigenvalue weighted by Gasteiger charge is -2.20. The Bertz CT molecular complexity index is 796. The lowest BCUT2D eigenvalue weighted by atomic mass is 9.98. The van der Waals surface area contributed by atoms with Crippen molar-refractivity contribution in [2.45, 2.75) is 50.6 Å². The van der Waals surface area contributed by atoms with Crippen LogP contribution < -0.4 is 10.6 Å². The number of nitrogens with one attached hydrogen (secondary N) is 2. The zero-order valence-corrected chi connectivity index (χ0v) is 16.3.